The number of rotatable bonds is 4. The molecule has 3 N–H and O–H groups in total. The third-order valence-corrected chi connectivity index (χ3v) is 3.26. The molecule has 1 aromatic carbocycles. The number of nitrogens with one attached hydrogen (secondary N) is 1. The summed E-state index contributed by atoms with van der Waals surface area (Å²) in [5, 5.41) is 2.76. The van der Waals surface area contributed by atoms with E-state index in [0.717, 1.165) is 12.8 Å². The lowest BCUT2D eigenvalue weighted by atomic mass is 10.3. The molecule has 1 aliphatic carbocycles. The Morgan fingerprint density at radius 1 is 1.36 bits per heavy atom. The highest BCUT2D eigenvalue weighted by Crippen LogP contribution is 2.29. The van der Waals surface area contributed by atoms with Crippen LogP contribution in [0, 0.1) is 11.7 Å². The Bertz CT molecular complexity index is 670. The van der Waals surface area contributed by atoms with Crippen molar-refractivity contribution in [2.75, 3.05) is 5.73 Å². The number of nitrogens with two attached hydrogens (primary N) is 1. The predicted octanol–water partition coefficient (Wildman–Crippen LogP) is 2.51. The van der Waals surface area contributed by atoms with Crippen molar-refractivity contribution in [3.05, 3.63) is 47.7 Å². The molecule has 0 unspecified atom stereocenters. The summed E-state index contributed by atoms with van der Waals surface area (Å²) < 4.78 is 18.9. The van der Waals surface area contributed by atoms with E-state index in [1.54, 1.807) is 18.4 Å². The topological polar surface area (TPSA) is 76.7 Å². The van der Waals surface area contributed by atoms with Crippen LogP contribution in [-0.4, -0.2) is 12.1 Å². The van der Waals surface area contributed by atoms with Crippen LogP contribution in [0.4, 0.5) is 10.1 Å². The van der Waals surface area contributed by atoms with Gasteiger partial charge < -0.3 is 15.8 Å². The summed E-state index contributed by atoms with van der Waals surface area (Å²) in [5.74, 6) is 0.801. The zero-order valence-electron chi connectivity index (χ0n) is 11.9. The minimum absolute atomic E-state index is 0.0281. The first-order chi connectivity index (χ1) is 10.6. The molecule has 1 amide bonds. The molecule has 1 fully saturated rings. The number of nitrogens with zero attached hydrogens (tertiary/aromatic N) is 1. The molecule has 1 aliphatic heterocycles. The highest BCUT2D eigenvalue weighted by atomic mass is 19.1. The molecule has 1 aromatic rings. The molecule has 2 aliphatic rings. The van der Waals surface area contributed by atoms with Crippen molar-refractivity contribution >= 4 is 17.8 Å². The van der Waals surface area contributed by atoms with Crippen molar-refractivity contribution in [2.45, 2.75) is 19.3 Å². The molecule has 0 radical (unpaired) electrons. The molecule has 0 aromatic heterocycles. The molecule has 3 rings (SSSR count). The van der Waals surface area contributed by atoms with E-state index in [2.05, 4.69) is 10.3 Å². The van der Waals surface area contributed by atoms with Gasteiger partial charge >= 0.3 is 0 Å². The number of halogens is 1. The number of carbonyl (C=O) groups is 1. The van der Waals surface area contributed by atoms with E-state index in [9.17, 15) is 9.18 Å². The van der Waals surface area contributed by atoms with Gasteiger partial charge in [-0.15, -0.1) is 0 Å². The van der Waals surface area contributed by atoms with Crippen LogP contribution in [-0.2, 0) is 4.79 Å². The van der Waals surface area contributed by atoms with Crippen LogP contribution < -0.4 is 15.8 Å². The maximum atomic E-state index is 13.3. The first-order valence-electron chi connectivity index (χ1n) is 7.09. The van der Waals surface area contributed by atoms with Crippen LogP contribution in [0.2, 0.25) is 0 Å². The predicted molar refractivity (Wildman–Crippen MR) is 81.6 cm³/mol. The van der Waals surface area contributed by atoms with Crippen LogP contribution >= 0.6 is 0 Å². The van der Waals surface area contributed by atoms with Gasteiger partial charge in [0.1, 0.15) is 23.1 Å². The number of hydrogen-bond acceptors (Lipinski definition) is 4. The Morgan fingerprint density at radius 2 is 2.18 bits per heavy atom. The fourth-order valence-corrected chi connectivity index (χ4v) is 2.04. The first kappa shape index (κ1) is 14.3. The first-order valence-corrected chi connectivity index (χ1v) is 7.09. The maximum absolute atomic E-state index is 13.3. The van der Waals surface area contributed by atoms with Gasteiger partial charge in [-0.25, -0.2) is 9.38 Å². The van der Waals surface area contributed by atoms with Crippen LogP contribution in [0.25, 0.3) is 0 Å². The number of ether oxygens (including phenoxy) is 1. The maximum Gasteiger partial charge on any atom is 0.228 e. The van der Waals surface area contributed by atoms with Crippen molar-refractivity contribution in [2.24, 2.45) is 10.9 Å². The number of hydrogen-bond donors (Lipinski definition) is 2. The normalized spacial score (nSPS) is 17.3. The molecular formula is C16H16FN3O2. The summed E-state index contributed by atoms with van der Waals surface area (Å²) in [6.07, 6.45) is 7.48. The summed E-state index contributed by atoms with van der Waals surface area (Å²) >= 11 is 0. The third-order valence-electron chi connectivity index (χ3n) is 3.26. The number of aliphatic imine (C=N–C) groups is 1. The molecule has 0 saturated heterocycles. The molecule has 1 heterocycles. The second-order valence-electron chi connectivity index (χ2n) is 5.27. The van der Waals surface area contributed by atoms with Crippen molar-refractivity contribution < 1.29 is 13.9 Å². The van der Waals surface area contributed by atoms with Gasteiger partial charge in [0, 0.05) is 42.4 Å². The number of nitrogen functional groups attached to an aromatic ring is 1. The molecule has 114 valence electrons. The Labute approximate surface area is 127 Å². The van der Waals surface area contributed by atoms with E-state index in [0.29, 0.717) is 23.8 Å². The summed E-state index contributed by atoms with van der Waals surface area (Å²) in [6, 6.07) is 4.00. The molecule has 1 saturated carbocycles. The van der Waals surface area contributed by atoms with E-state index in [4.69, 9.17) is 10.5 Å². The Morgan fingerprint density at radius 3 is 2.91 bits per heavy atom. The minimum atomic E-state index is -0.466. The van der Waals surface area contributed by atoms with Gasteiger partial charge in [-0.2, -0.15) is 0 Å². The van der Waals surface area contributed by atoms with E-state index in [1.807, 2.05) is 0 Å². The van der Waals surface area contributed by atoms with Crippen molar-refractivity contribution in [3.8, 4) is 5.75 Å². The van der Waals surface area contributed by atoms with Crippen molar-refractivity contribution in [1.29, 1.82) is 0 Å². The molecule has 0 bridgehead atoms. The van der Waals surface area contributed by atoms with Crippen LogP contribution in [0.1, 0.15) is 19.3 Å². The molecule has 5 nitrogen and oxygen atoms in total. The number of carbonyl (C=O) groups excluding carboxylic acids is 1. The highest BCUT2D eigenvalue weighted by molar-refractivity contribution is 5.83. The zero-order valence-corrected chi connectivity index (χ0v) is 11.9. The quantitative estimate of drug-likeness (QED) is 0.839. The second kappa shape index (κ2) is 6.01. The summed E-state index contributed by atoms with van der Waals surface area (Å²) in [7, 11) is 0. The largest absolute Gasteiger partial charge is 0.457 e. The lowest BCUT2D eigenvalue weighted by Crippen LogP contribution is -2.23. The van der Waals surface area contributed by atoms with Crippen molar-refractivity contribution in [3.63, 3.8) is 0 Å². The molecular weight excluding hydrogens is 285 g/mol. The fourth-order valence-electron chi connectivity index (χ4n) is 2.04. The van der Waals surface area contributed by atoms with Gasteiger partial charge in [0.05, 0.1) is 0 Å². The van der Waals surface area contributed by atoms with E-state index < -0.39 is 5.82 Å². The van der Waals surface area contributed by atoms with Crippen LogP contribution in [0.3, 0.4) is 0 Å². The van der Waals surface area contributed by atoms with Crippen LogP contribution in [0.5, 0.6) is 5.75 Å². The highest BCUT2D eigenvalue weighted by Gasteiger charge is 2.30. The molecule has 0 spiro atoms. The lowest BCUT2D eigenvalue weighted by Gasteiger charge is -2.09. The minimum Gasteiger partial charge on any atom is -0.457 e. The van der Waals surface area contributed by atoms with Gasteiger partial charge in [-0.05, 0) is 25.0 Å². The summed E-state index contributed by atoms with van der Waals surface area (Å²) in [5.41, 5.74) is 5.88. The number of anilines is 1. The molecule has 0 atom stereocenters. The van der Waals surface area contributed by atoms with Crippen LogP contribution in [0.15, 0.2) is 46.9 Å². The van der Waals surface area contributed by atoms with Gasteiger partial charge in [0.15, 0.2) is 0 Å². The monoisotopic (exact) mass is 301 g/mol. The Balaban J connectivity index is 1.74. The Hall–Kier alpha value is -2.63. The smallest absolute Gasteiger partial charge is 0.228 e. The number of allylic oxidation sites excluding steroid dienone is 2. The van der Waals surface area contributed by atoms with E-state index in [-0.39, 0.29) is 17.5 Å². The average Bonchev–Trinajstić information content (AvgIpc) is 3.25. The molecule has 22 heavy (non-hydrogen) atoms. The SMILES string of the molecule is Nc1cc(F)cc(OC2=CCC=NC(NC(=O)C3CC3)=C2)c1. The van der Waals surface area contributed by atoms with E-state index in [1.165, 1.54) is 18.2 Å². The fraction of sp³-hybridized carbons (Fsp3) is 0.250. The van der Waals surface area contributed by atoms with Gasteiger partial charge in [0.2, 0.25) is 5.91 Å². The molecule has 6 heteroatoms. The Kier molecular flexibility index (Phi) is 3.91. The van der Waals surface area contributed by atoms with Gasteiger partial charge in [-0.3, -0.25) is 4.79 Å². The third kappa shape index (κ3) is 3.72. The zero-order chi connectivity index (χ0) is 15.5. The number of benzene rings is 1. The second-order valence-corrected chi connectivity index (χ2v) is 5.27. The van der Waals surface area contributed by atoms with Gasteiger partial charge in [0.25, 0.3) is 0 Å². The summed E-state index contributed by atoms with van der Waals surface area (Å²) in [6.45, 7) is 0. The van der Waals surface area contributed by atoms with Gasteiger partial charge in [-0.1, -0.05) is 0 Å². The lowest BCUT2D eigenvalue weighted by molar-refractivity contribution is -0.121. The average molecular weight is 301 g/mol. The summed E-state index contributed by atoms with van der Waals surface area (Å²) in [4.78, 5) is 16.0. The van der Waals surface area contributed by atoms with Crippen molar-refractivity contribution in [1.82, 2.24) is 5.32 Å². The van der Waals surface area contributed by atoms with E-state index >= 15 is 0 Å². The number of amides is 1. The standard InChI is InChI=1S/C16H16FN3O2/c17-11-6-12(18)8-14(7-11)22-13-2-1-5-19-15(9-13)20-16(21)10-3-4-10/h2,5-10H,1,3-4,18H2,(H,20,21).